The van der Waals surface area contributed by atoms with E-state index in [9.17, 15) is 14.9 Å². The Hall–Kier alpha value is -3.55. The largest absolute Gasteiger partial charge is 0.319 e. The fourth-order valence-electron chi connectivity index (χ4n) is 3.31. The van der Waals surface area contributed by atoms with Crippen molar-refractivity contribution < 1.29 is 9.72 Å². The van der Waals surface area contributed by atoms with Crippen LogP contribution in [-0.2, 0) is 7.05 Å². The van der Waals surface area contributed by atoms with Crippen molar-refractivity contribution in [3.8, 4) is 21.7 Å². The molecule has 0 unspecified atom stereocenters. The van der Waals surface area contributed by atoms with Crippen LogP contribution in [0.25, 0.3) is 21.7 Å². The molecule has 0 radical (unpaired) electrons. The average Bonchev–Trinajstić information content (AvgIpc) is 3.10. The third-order valence-corrected chi connectivity index (χ3v) is 6.48. The molecule has 0 spiro atoms. The Labute approximate surface area is 193 Å². The van der Waals surface area contributed by atoms with Gasteiger partial charge < -0.3 is 4.57 Å². The van der Waals surface area contributed by atoms with E-state index in [-0.39, 0.29) is 16.3 Å². The summed E-state index contributed by atoms with van der Waals surface area (Å²) < 4.78 is 1.88. The lowest BCUT2D eigenvalue weighted by atomic mass is 10.1. The number of nitro benzene ring substituents is 1. The number of thiazole rings is 1. The van der Waals surface area contributed by atoms with Gasteiger partial charge in [0.05, 0.1) is 26.1 Å². The number of rotatable bonds is 4. The SMILES string of the molecule is Cc1ccc(-c2c(-c3ccccc3)sc(=NC(=O)c3ccc([N+](=O)[O-])cc3Cl)n2C)cc1. The van der Waals surface area contributed by atoms with Gasteiger partial charge in [0.15, 0.2) is 4.80 Å². The summed E-state index contributed by atoms with van der Waals surface area (Å²) >= 11 is 7.53. The van der Waals surface area contributed by atoms with Crippen molar-refractivity contribution in [3.05, 3.63) is 104 Å². The van der Waals surface area contributed by atoms with Crippen molar-refractivity contribution in [2.75, 3.05) is 0 Å². The van der Waals surface area contributed by atoms with Crippen LogP contribution in [0.2, 0.25) is 5.02 Å². The number of hydrogen-bond donors (Lipinski definition) is 0. The Bertz CT molecular complexity index is 1390. The maximum Gasteiger partial charge on any atom is 0.281 e. The van der Waals surface area contributed by atoms with Crippen molar-refractivity contribution in [2.24, 2.45) is 12.0 Å². The predicted molar refractivity (Wildman–Crippen MR) is 127 cm³/mol. The molecule has 0 saturated heterocycles. The second-order valence-corrected chi connectivity index (χ2v) is 8.58. The number of non-ortho nitro benzene ring substituents is 1. The zero-order valence-corrected chi connectivity index (χ0v) is 18.9. The van der Waals surface area contributed by atoms with Crippen LogP contribution in [0.4, 0.5) is 5.69 Å². The fraction of sp³-hybridized carbons (Fsp3) is 0.0833. The van der Waals surface area contributed by atoms with E-state index >= 15 is 0 Å². The normalized spacial score (nSPS) is 11.5. The van der Waals surface area contributed by atoms with E-state index in [0.717, 1.165) is 33.3 Å². The van der Waals surface area contributed by atoms with Crippen LogP contribution in [0.3, 0.4) is 0 Å². The van der Waals surface area contributed by atoms with Gasteiger partial charge >= 0.3 is 0 Å². The molecule has 0 fully saturated rings. The van der Waals surface area contributed by atoms with Crippen molar-refractivity contribution in [1.82, 2.24) is 4.57 Å². The molecule has 0 aliphatic heterocycles. The maximum absolute atomic E-state index is 12.9. The van der Waals surface area contributed by atoms with Gasteiger partial charge in [-0.3, -0.25) is 14.9 Å². The van der Waals surface area contributed by atoms with E-state index in [0.29, 0.717) is 4.80 Å². The first kappa shape index (κ1) is 21.7. The van der Waals surface area contributed by atoms with Crippen LogP contribution in [0.1, 0.15) is 15.9 Å². The predicted octanol–water partition coefficient (Wildman–Crippen LogP) is 6.03. The highest BCUT2D eigenvalue weighted by Gasteiger charge is 2.18. The highest BCUT2D eigenvalue weighted by molar-refractivity contribution is 7.13. The van der Waals surface area contributed by atoms with Crippen LogP contribution in [0.15, 0.2) is 77.8 Å². The zero-order chi connectivity index (χ0) is 22.8. The molecule has 3 aromatic carbocycles. The molecule has 0 N–H and O–H groups in total. The maximum atomic E-state index is 12.9. The quantitative estimate of drug-likeness (QED) is 0.274. The summed E-state index contributed by atoms with van der Waals surface area (Å²) in [6.45, 7) is 2.03. The smallest absolute Gasteiger partial charge is 0.281 e. The van der Waals surface area contributed by atoms with E-state index < -0.39 is 10.8 Å². The first-order valence-corrected chi connectivity index (χ1v) is 10.9. The highest BCUT2D eigenvalue weighted by atomic mass is 35.5. The molecular formula is C24H18ClN3O3S. The Morgan fingerprint density at radius 3 is 2.34 bits per heavy atom. The second-order valence-electron chi connectivity index (χ2n) is 7.19. The summed E-state index contributed by atoms with van der Waals surface area (Å²) in [7, 11) is 1.86. The van der Waals surface area contributed by atoms with Gasteiger partial charge in [-0.05, 0) is 24.1 Å². The Morgan fingerprint density at radius 1 is 1.03 bits per heavy atom. The van der Waals surface area contributed by atoms with Gasteiger partial charge in [-0.15, -0.1) is 0 Å². The average molecular weight is 464 g/mol. The summed E-state index contributed by atoms with van der Waals surface area (Å²) in [6, 6.07) is 21.8. The number of aromatic nitrogens is 1. The first-order valence-electron chi connectivity index (χ1n) is 9.70. The van der Waals surface area contributed by atoms with Gasteiger partial charge in [0.25, 0.3) is 11.6 Å². The summed E-state index contributed by atoms with van der Waals surface area (Å²) in [5.74, 6) is -0.559. The molecule has 1 heterocycles. The minimum atomic E-state index is -0.559. The van der Waals surface area contributed by atoms with Crippen LogP contribution in [0, 0.1) is 17.0 Å². The van der Waals surface area contributed by atoms with Crippen LogP contribution in [0.5, 0.6) is 0 Å². The monoisotopic (exact) mass is 463 g/mol. The van der Waals surface area contributed by atoms with Gasteiger partial charge in [0, 0.05) is 19.2 Å². The molecule has 0 atom stereocenters. The number of hydrogen-bond acceptors (Lipinski definition) is 4. The Kier molecular flexibility index (Phi) is 6.03. The lowest BCUT2D eigenvalue weighted by Gasteiger charge is -2.08. The number of halogens is 1. The summed E-state index contributed by atoms with van der Waals surface area (Å²) in [4.78, 5) is 29.0. The number of benzene rings is 3. The minimum absolute atomic E-state index is 0.00537. The zero-order valence-electron chi connectivity index (χ0n) is 17.3. The molecule has 0 bridgehead atoms. The van der Waals surface area contributed by atoms with Gasteiger partial charge in [0.1, 0.15) is 0 Å². The molecule has 160 valence electrons. The molecule has 4 rings (SSSR count). The third kappa shape index (κ3) is 4.26. The molecule has 0 aliphatic carbocycles. The Balaban J connectivity index is 1.86. The molecule has 32 heavy (non-hydrogen) atoms. The van der Waals surface area contributed by atoms with Gasteiger partial charge in [-0.1, -0.05) is 83.1 Å². The first-order chi connectivity index (χ1) is 15.3. The minimum Gasteiger partial charge on any atom is -0.319 e. The van der Waals surface area contributed by atoms with E-state index in [4.69, 9.17) is 11.6 Å². The van der Waals surface area contributed by atoms with Crippen molar-refractivity contribution >= 4 is 34.5 Å². The van der Waals surface area contributed by atoms with Crippen LogP contribution < -0.4 is 4.80 Å². The molecule has 8 heteroatoms. The lowest BCUT2D eigenvalue weighted by molar-refractivity contribution is -0.384. The molecule has 0 saturated carbocycles. The molecule has 1 amide bonds. The van der Waals surface area contributed by atoms with Crippen molar-refractivity contribution in [1.29, 1.82) is 0 Å². The van der Waals surface area contributed by atoms with Crippen molar-refractivity contribution in [2.45, 2.75) is 6.92 Å². The number of amides is 1. The fourth-order valence-corrected chi connectivity index (χ4v) is 4.71. The van der Waals surface area contributed by atoms with E-state index in [1.807, 2.05) is 73.1 Å². The molecular weight excluding hydrogens is 446 g/mol. The summed E-state index contributed by atoms with van der Waals surface area (Å²) in [5.41, 5.74) is 4.06. The molecule has 4 aromatic rings. The van der Waals surface area contributed by atoms with Gasteiger partial charge in [-0.25, -0.2) is 0 Å². The number of carbonyl (C=O) groups is 1. The molecule has 0 aliphatic rings. The highest BCUT2D eigenvalue weighted by Crippen LogP contribution is 2.34. The lowest BCUT2D eigenvalue weighted by Crippen LogP contribution is -2.14. The second kappa shape index (κ2) is 8.90. The number of nitro groups is 1. The molecule has 6 nitrogen and oxygen atoms in total. The topological polar surface area (TPSA) is 77.5 Å². The van der Waals surface area contributed by atoms with Crippen LogP contribution >= 0.6 is 22.9 Å². The number of aryl methyl sites for hydroxylation is 1. The van der Waals surface area contributed by atoms with E-state index in [2.05, 4.69) is 4.99 Å². The van der Waals surface area contributed by atoms with Crippen LogP contribution in [-0.4, -0.2) is 15.4 Å². The molecule has 1 aromatic heterocycles. The van der Waals surface area contributed by atoms with E-state index in [1.54, 1.807) is 0 Å². The third-order valence-electron chi connectivity index (χ3n) is 4.98. The Morgan fingerprint density at radius 2 is 1.72 bits per heavy atom. The summed E-state index contributed by atoms with van der Waals surface area (Å²) in [5, 5.41) is 10.9. The van der Waals surface area contributed by atoms with Gasteiger partial charge in [0.2, 0.25) is 0 Å². The number of carbonyl (C=O) groups excluding carboxylic acids is 1. The standard InChI is InChI=1S/C24H18ClN3O3S/c1-15-8-10-16(11-9-15)21-22(17-6-4-3-5-7-17)32-24(27(21)2)26-23(29)19-13-12-18(28(30)31)14-20(19)25/h3-14H,1-2H3. The van der Waals surface area contributed by atoms with E-state index in [1.165, 1.54) is 23.5 Å². The van der Waals surface area contributed by atoms with Gasteiger partial charge in [-0.2, -0.15) is 4.99 Å². The van der Waals surface area contributed by atoms with Crippen molar-refractivity contribution in [3.63, 3.8) is 0 Å². The number of nitrogens with zero attached hydrogens (tertiary/aromatic N) is 3. The summed E-state index contributed by atoms with van der Waals surface area (Å²) in [6.07, 6.45) is 0.